The van der Waals surface area contributed by atoms with Gasteiger partial charge in [0.05, 0.1) is 0 Å². The average molecular weight is 176 g/mol. The summed E-state index contributed by atoms with van der Waals surface area (Å²) in [4.78, 5) is 2.01. The predicted molar refractivity (Wildman–Crippen MR) is 46.1 cm³/mol. The summed E-state index contributed by atoms with van der Waals surface area (Å²) in [5.74, 6) is 0.554. The van der Waals surface area contributed by atoms with Gasteiger partial charge >= 0.3 is 0 Å². The minimum Gasteiger partial charge on any atom is -0.368 e. The Morgan fingerprint density at radius 1 is 1.55 bits per heavy atom. The van der Waals surface area contributed by atoms with Crippen LogP contribution in [0.2, 0.25) is 0 Å². The van der Waals surface area contributed by atoms with Crippen LogP contribution < -0.4 is 0 Å². The summed E-state index contributed by atoms with van der Waals surface area (Å²) in [5, 5.41) is 0. The summed E-state index contributed by atoms with van der Waals surface area (Å²) in [7, 11) is 1.97. The van der Waals surface area contributed by atoms with E-state index in [0.29, 0.717) is 11.9 Å². The molecule has 0 aliphatic heterocycles. The van der Waals surface area contributed by atoms with Crippen LogP contribution in [0.1, 0.15) is 25.7 Å². The van der Waals surface area contributed by atoms with Crippen LogP contribution in [-0.2, 0) is 4.29 Å². The number of rotatable bonds is 3. The molecule has 0 heterocycles. The van der Waals surface area contributed by atoms with Crippen molar-refractivity contribution in [1.29, 1.82) is 0 Å². The van der Waals surface area contributed by atoms with Crippen LogP contribution in [0.4, 0.5) is 0 Å². The van der Waals surface area contributed by atoms with Gasteiger partial charge in [0.2, 0.25) is 5.88 Å². The van der Waals surface area contributed by atoms with Gasteiger partial charge in [0.1, 0.15) is 11.9 Å². The van der Waals surface area contributed by atoms with Gasteiger partial charge in [-0.2, -0.15) is 0 Å². The average Bonchev–Trinajstić information content (AvgIpc) is 2.53. The zero-order valence-corrected chi connectivity index (χ0v) is 7.60. The third-order valence-corrected chi connectivity index (χ3v) is 2.53. The van der Waals surface area contributed by atoms with Crippen molar-refractivity contribution in [2.45, 2.75) is 31.7 Å². The lowest BCUT2D eigenvalue weighted by Gasteiger charge is -2.25. The van der Waals surface area contributed by atoms with Gasteiger partial charge in [0.25, 0.3) is 0 Å². The van der Waals surface area contributed by atoms with Crippen molar-refractivity contribution in [2.75, 3.05) is 7.05 Å². The summed E-state index contributed by atoms with van der Waals surface area (Å²) in [6, 6.07) is 0.584. The summed E-state index contributed by atoms with van der Waals surface area (Å²) < 4.78 is 4.53. The lowest BCUT2D eigenvalue weighted by atomic mass is 10.2. The van der Waals surface area contributed by atoms with E-state index in [-0.39, 0.29) is 0 Å². The van der Waals surface area contributed by atoms with Crippen molar-refractivity contribution in [3.63, 3.8) is 0 Å². The van der Waals surface area contributed by atoms with Gasteiger partial charge in [-0.1, -0.05) is 12.8 Å². The van der Waals surface area contributed by atoms with Crippen LogP contribution in [0.5, 0.6) is 0 Å². The van der Waals surface area contributed by atoms with Gasteiger partial charge in [-0.15, -0.1) is 0 Å². The fraction of sp³-hybridized carbons (Fsp3) is 0.750. The van der Waals surface area contributed by atoms with Gasteiger partial charge < -0.3 is 9.19 Å². The van der Waals surface area contributed by atoms with Crippen LogP contribution in [0.15, 0.2) is 12.5 Å². The predicted octanol–water partition coefficient (Wildman–Crippen LogP) is 2.50. The van der Waals surface area contributed by atoms with Crippen LogP contribution in [0.25, 0.3) is 0 Å². The molecule has 0 spiro atoms. The van der Waals surface area contributed by atoms with Gasteiger partial charge in [0, 0.05) is 13.1 Å². The Bertz CT molecular complexity index is 143. The van der Waals surface area contributed by atoms with E-state index < -0.39 is 0 Å². The molecule has 1 aliphatic rings. The molecule has 1 saturated carbocycles. The Hall–Kier alpha value is -0.370. The molecule has 0 atom stereocenters. The highest BCUT2D eigenvalue weighted by molar-refractivity contribution is 6.08. The molecule has 0 aromatic heterocycles. The Morgan fingerprint density at radius 2 is 2.09 bits per heavy atom. The van der Waals surface area contributed by atoms with Gasteiger partial charge in [0.15, 0.2) is 0 Å². The van der Waals surface area contributed by atoms with E-state index in [4.69, 9.17) is 11.9 Å². The van der Waals surface area contributed by atoms with E-state index in [0.717, 1.165) is 0 Å². The molecule has 11 heavy (non-hydrogen) atoms. The molecule has 0 N–H and O–H groups in total. The zero-order chi connectivity index (χ0) is 8.27. The van der Waals surface area contributed by atoms with Crippen LogP contribution in [0, 0.1) is 0 Å². The molecule has 0 bridgehead atoms. The van der Waals surface area contributed by atoms with E-state index in [9.17, 15) is 0 Å². The molecular formula is C8H14ClNO. The zero-order valence-electron chi connectivity index (χ0n) is 6.85. The lowest BCUT2D eigenvalue weighted by molar-refractivity contribution is 0.209. The van der Waals surface area contributed by atoms with Crippen LogP contribution in [-0.4, -0.2) is 18.0 Å². The standard InChI is InChI=1S/C8H14ClNO/c1-7(11-9)10(2)8-5-3-4-6-8/h8H,1,3-6H2,2H3. The first-order chi connectivity index (χ1) is 5.25. The van der Waals surface area contributed by atoms with E-state index >= 15 is 0 Å². The van der Waals surface area contributed by atoms with E-state index in [2.05, 4.69) is 10.9 Å². The Morgan fingerprint density at radius 3 is 2.55 bits per heavy atom. The molecule has 0 radical (unpaired) electrons. The Balaban J connectivity index is 2.39. The molecule has 64 valence electrons. The van der Waals surface area contributed by atoms with Crippen molar-refractivity contribution in [2.24, 2.45) is 0 Å². The number of hydrogen-bond donors (Lipinski definition) is 0. The lowest BCUT2D eigenvalue weighted by Crippen LogP contribution is -2.28. The van der Waals surface area contributed by atoms with Gasteiger partial charge in [-0.05, 0) is 19.4 Å². The summed E-state index contributed by atoms with van der Waals surface area (Å²) in [6.07, 6.45) is 5.08. The van der Waals surface area contributed by atoms with Gasteiger partial charge in [-0.25, -0.2) is 0 Å². The number of hydrogen-bond acceptors (Lipinski definition) is 2. The quantitative estimate of drug-likeness (QED) is 0.612. The van der Waals surface area contributed by atoms with E-state index in [1.807, 2.05) is 11.9 Å². The molecule has 0 aromatic rings. The van der Waals surface area contributed by atoms with E-state index in [1.165, 1.54) is 25.7 Å². The summed E-state index contributed by atoms with van der Waals surface area (Å²) in [6.45, 7) is 3.69. The van der Waals surface area contributed by atoms with Gasteiger partial charge in [-0.3, -0.25) is 0 Å². The molecule has 1 aliphatic carbocycles. The fourth-order valence-electron chi connectivity index (χ4n) is 1.55. The first kappa shape index (κ1) is 8.72. The number of halogens is 1. The van der Waals surface area contributed by atoms with Crippen LogP contribution >= 0.6 is 11.9 Å². The largest absolute Gasteiger partial charge is 0.368 e. The summed E-state index contributed by atoms with van der Waals surface area (Å²) in [5.41, 5.74) is 0. The number of nitrogens with zero attached hydrogens (tertiary/aromatic N) is 1. The molecule has 1 fully saturated rings. The molecular weight excluding hydrogens is 162 g/mol. The Kier molecular flexibility index (Phi) is 3.06. The van der Waals surface area contributed by atoms with Crippen molar-refractivity contribution in [1.82, 2.24) is 4.90 Å². The second-order valence-electron chi connectivity index (χ2n) is 3.02. The highest BCUT2D eigenvalue weighted by Gasteiger charge is 2.20. The maximum atomic E-state index is 5.18. The SMILES string of the molecule is C=C(OCl)N(C)C1CCCC1. The highest BCUT2D eigenvalue weighted by atomic mass is 35.5. The fourth-order valence-corrected chi connectivity index (χ4v) is 1.66. The molecule has 0 aromatic carbocycles. The topological polar surface area (TPSA) is 12.5 Å². The monoisotopic (exact) mass is 175 g/mol. The minimum absolute atomic E-state index is 0.554. The molecule has 0 saturated heterocycles. The molecule has 3 heteroatoms. The highest BCUT2D eigenvalue weighted by Crippen LogP contribution is 2.24. The molecule has 0 amide bonds. The smallest absolute Gasteiger partial charge is 0.206 e. The minimum atomic E-state index is 0.554. The first-order valence-corrected chi connectivity index (χ1v) is 4.27. The van der Waals surface area contributed by atoms with Crippen molar-refractivity contribution in [3.05, 3.63) is 12.5 Å². The summed E-state index contributed by atoms with van der Waals surface area (Å²) >= 11 is 5.18. The van der Waals surface area contributed by atoms with Crippen molar-refractivity contribution >= 4 is 11.9 Å². The third-order valence-electron chi connectivity index (χ3n) is 2.35. The van der Waals surface area contributed by atoms with Crippen molar-refractivity contribution in [3.8, 4) is 0 Å². The van der Waals surface area contributed by atoms with E-state index in [1.54, 1.807) is 0 Å². The molecule has 2 nitrogen and oxygen atoms in total. The normalized spacial score (nSPS) is 18.4. The maximum absolute atomic E-state index is 5.18. The van der Waals surface area contributed by atoms with Crippen LogP contribution in [0.3, 0.4) is 0 Å². The molecule has 1 rings (SSSR count). The van der Waals surface area contributed by atoms with Crippen molar-refractivity contribution < 1.29 is 4.29 Å². The maximum Gasteiger partial charge on any atom is 0.206 e. The molecule has 0 unspecified atom stereocenters. The first-order valence-electron chi connectivity index (χ1n) is 3.96. The third kappa shape index (κ3) is 2.03. The second kappa shape index (κ2) is 3.86. The second-order valence-corrected chi connectivity index (χ2v) is 3.17. The Labute approximate surface area is 72.9 Å².